The van der Waals surface area contributed by atoms with Crippen molar-refractivity contribution in [1.29, 1.82) is 0 Å². The first-order valence-electron chi connectivity index (χ1n) is 7.20. The number of nitrogens with one attached hydrogen (secondary N) is 2. The molecule has 0 saturated heterocycles. The third-order valence-corrected chi connectivity index (χ3v) is 4.55. The molecule has 0 unspecified atom stereocenters. The maximum Gasteiger partial charge on any atom is 0.258 e. The van der Waals surface area contributed by atoms with Gasteiger partial charge in [-0.1, -0.05) is 51.8 Å². The molecule has 0 aliphatic heterocycles. The summed E-state index contributed by atoms with van der Waals surface area (Å²) in [5.74, 6) is -0.884. The number of fused-ring (bicyclic) bond motifs is 1. The minimum absolute atomic E-state index is 0.00486. The molecule has 0 saturated carbocycles. The monoisotopic (exact) mass is 436 g/mol. The number of halogens is 3. The van der Waals surface area contributed by atoms with Crippen molar-refractivity contribution in [2.24, 2.45) is 0 Å². The van der Waals surface area contributed by atoms with E-state index in [0.717, 1.165) is 5.39 Å². The van der Waals surface area contributed by atoms with Gasteiger partial charge in [-0.25, -0.2) is 4.39 Å². The minimum atomic E-state index is -0.483. The van der Waals surface area contributed by atoms with Gasteiger partial charge in [-0.3, -0.25) is 10.1 Å². The van der Waals surface area contributed by atoms with Gasteiger partial charge in [0.05, 0.1) is 5.69 Å². The number of benzene rings is 3. The molecule has 0 aromatic heterocycles. The maximum absolute atomic E-state index is 13.8. The smallest absolute Gasteiger partial charge is 0.258 e. The lowest BCUT2D eigenvalue weighted by atomic mass is 10.0. The first-order valence-corrected chi connectivity index (χ1v) is 8.78. The van der Waals surface area contributed by atoms with E-state index >= 15 is 0 Å². The van der Waals surface area contributed by atoms with Crippen LogP contribution in [-0.4, -0.2) is 11.0 Å². The highest BCUT2D eigenvalue weighted by atomic mass is 79.9. The number of carbonyl (C=O) groups is 1. The summed E-state index contributed by atoms with van der Waals surface area (Å²) in [6, 6.07) is 15.1. The fourth-order valence-electron chi connectivity index (χ4n) is 2.38. The Balaban J connectivity index is 1.80. The van der Waals surface area contributed by atoms with Gasteiger partial charge in [0.15, 0.2) is 5.11 Å². The van der Waals surface area contributed by atoms with E-state index in [1.54, 1.807) is 36.4 Å². The first kappa shape index (κ1) is 17.8. The lowest BCUT2D eigenvalue weighted by molar-refractivity contribution is 0.0979. The average molecular weight is 438 g/mol. The Morgan fingerprint density at radius 1 is 1.08 bits per heavy atom. The summed E-state index contributed by atoms with van der Waals surface area (Å²) >= 11 is 14.4. The molecule has 0 heterocycles. The van der Waals surface area contributed by atoms with Crippen LogP contribution >= 0.6 is 39.7 Å². The lowest BCUT2D eigenvalue weighted by Gasteiger charge is -2.12. The predicted molar refractivity (Wildman–Crippen MR) is 107 cm³/mol. The van der Waals surface area contributed by atoms with Crippen LogP contribution in [0, 0.1) is 5.82 Å². The molecule has 3 rings (SSSR count). The quantitative estimate of drug-likeness (QED) is 0.519. The number of rotatable bonds is 2. The number of amides is 1. The van der Waals surface area contributed by atoms with Gasteiger partial charge >= 0.3 is 0 Å². The number of anilines is 1. The summed E-state index contributed by atoms with van der Waals surface area (Å²) in [5, 5.41) is 7.28. The molecule has 0 radical (unpaired) electrons. The van der Waals surface area contributed by atoms with Crippen LogP contribution in [-0.2, 0) is 0 Å². The molecule has 2 N–H and O–H groups in total. The molecule has 3 nitrogen and oxygen atoms in total. The van der Waals surface area contributed by atoms with E-state index in [9.17, 15) is 9.18 Å². The third-order valence-electron chi connectivity index (χ3n) is 3.52. The van der Waals surface area contributed by atoms with Crippen LogP contribution in [0.4, 0.5) is 10.1 Å². The van der Waals surface area contributed by atoms with E-state index in [0.29, 0.717) is 20.4 Å². The summed E-state index contributed by atoms with van der Waals surface area (Å²) in [7, 11) is 0. The molecule has 0 atom stereocenters. The predicted octanol–water partition coefficient (Wildman–Crippen LogP) is 5.52. The van der Waals surface area contributed by atoms with Gasteiger partial charge in [0.2, 0.25) is 0 Å². The molecule has 0 spiro atoms. The highest BCUT2D eigenvalue weighted by molar-refractivity contribution is 9.10. The van der Waals surface area contributed by atoms with E-state index in [2.05, 4.69) is 26.6 Å². The van der Waals surface area contributed by atoms with Crippen LogP contribution in [0.25, 0.3) is 10.8 Å². The van der Waals surface area contributed by atoms with Crippen molar-refractivity contribution < 1.29 is 9.18 Å². The van der Waals surface area contributed by atoms with Crippen molar-refractivity contribution in [3.8, 4) is 0 Å². The van der Waals surface area contributed by atoms with Crippen molar-refractivity contribution in [2.45, 2.75) is 0 Å². The second-order valence-corrected chi connectivity index (χ2v) is 6.90. The maximum atomic E-state index is 13.8. The summed E-state index contributed by atoms with van der Waals surface area (Å²) in [5.41, 5.74) is 0.606. The SMILES string of the molecule is O=C(NC(=S)Nc1ccc(Br)cc1F)c1cccc2c(Cl)cccc12. The fraction of sp³-hybridized carbons (Fsp3) is 0. The van der Waals surface area contributed by atoms with Crippen LogP contribution < -0.4 is 10.6 Å². The molecule has 7 heteroatoms. The second-order valence-electron chi connectivity index (χ2n) is 5.17. The summed E-state index contributed by atoms with van der Waals surface area (Å²) in [4.78, 5) is 12.5. The zero-order chi connectivity index (χ0) is 18.0. The van der Waals surface area contributed by atoms with Crippen LogP contribution in [0.2, 0.25) is 5.02 Å². The molecule has 1 amide bonds. The average Bonchev–Trinajstić information content (AvgIpc) is 2.57. The second kappa shape index (κ2) is 7.47. The Bertz CT molecular complexity index is 996. The highest BCUT2D eigenvalue weighted by Gasteiger charge is 2.13. The Kier molecular flexibility index (Phi) is 5.32. The summed E-state index contributed by atoms with van der Waals surface area (Å²) in [6.07, 6.45) is 0. The van der Waals surface area contributed by atoms with E-state index in [1.807, 2.05) is 6.07 Å². The zero-order valence-corrected chi connectivity index (χ0v) is 15.8. The molecule has 25 heavy (non-hydrogen) atoms. The van der Waals surface area contributed by atoms with Crippen molar-refractivity contribution in [3.63, 3.8) is 0 Å². The van der Waals surface area contributed by atoms with Crippen LogP contribution in [0.15, 0.2) is 59.1 Å². The van der Waals surface area contributed by atoms with Crippen molar-refractivity contribution >= 4 is 67.2 Å². The van der Waals surface area contributed by atoms with Crippen LogP contribution in [0.1, 0.15) is 10.4 Å². The Hall–Kier alpha value is -2.02. The van der Waals surface area contributed by atoms with Crippen molar-refractivity contribution in [1.82, 2.24) is 5.32 Å². The topological polar surface area (TPSA) is 41.1 Å². The van der Waals surface area contributed by atoms with Crippen molar-refractivity contribution in [2.75, 3.05) is 5.32 Å². The van der Waals surface area contributed by atoms with Gasteiger partial charge in [0.1, 0.15) is 5.82 Å². The summed E-state index contributed by atoms with van der Waals surface area (Å²) < 4.78 is 14.5. The molecular formula is C18H11BrClFN2OS. The Morgan fingerprint density at radius 3 is 2.56 bits per heavy atom. The normalized spacial score (nSPS) is 10.5. The standard InChI is InChI=1S/C18H11BrClFN2OS/c19-10-7-8-16(15(21)9-10)22-18(25)23-17(24)13-5-1-4-12-11(13)3-2-6-14(12)20/h1-9H,(H2,22,23,24,25). The molecular weight excluding hydrogens is 427 g/mol. The lowest BCUT2D eigenvalue weighted by Crippen LogP contribution is -2.34. The van der Waals surface area contributed by atoms with E-state index in [1.165, 1.54) is 12.1 Å². The number of carbonyl (C=O) groups excluding carboxylic acids is 1. The van der Waals surface area contributed by atoms with Gasteiger partial charge in [-0.05, 0) is 47.9 Å². The van der Waals surface area contributed by atoms with Crippen LogP contribution in [0.5, 0.6) is 0 Å². The van der Waals surface area contributed by atoms with E-state index < -0.39 is 11.7 Å². The third kappa shape index (κ3) is 3.98. The zero-order valence-electron chi connectivity index (χ0n) is 12.6. The molecule has 3 aromatic carbocycles. The molecule has 0 bridgehead atoms. The van der Waals surface area contributed by atoms with E-state index in [-0.39, 0.29) is 10.8 Å². The summed E-state index contributed by atoms with van der Waals surface area (Å²) in [6.45, 7) is 0. The minimum Gasteiger partial charge on any atom is -0.330 e. The number of hydrogen-bond donors (Lipinski definition) is 2. The number of thiocarbonyl (C=S) groups is 1. The molecule has 0 aliphatic rings. The van der Waals surface area contributed by atoms with E-state index in [4.69, 9.17) is 23.8 Å². The van der Waals surface area contributed by atoms with Crippen LogP contribution in [0.3, 0.4) is 0 Å². The molecule has 126 valence electrons. The largest absolute Gasteiger partial charge is 0.330 e. The highest BCUT2D eigenvalue weighted by Crippen LogP contribution is 2.26. The fourth-order valence-corrected chi connectivity index (χ4v) is 3.16. The Labute approximate surface area is 162 Å². The Morgan fingerprint density at radius 2 is 1.80 bits per heavy atom. The van der Waals surface area contributed by atoms with Gasteiger partial charge in [0, 0.05) is 20.4 Å². The first-order chi connectivity index (χ1) is 12.0. The molecule has 0 fully saturated rings. The van der Waals surface area contributed by atoms with Gasteiger partial charge < -0.3 is 5.32 Å². The van der Waals surface area contributed by atoms with Gasteiger partial charge in [-0.15, -0.1) is 0 Å². The van der Waals surface area contributed by atoms with Crippen molar-refractivity contribution in [3.05, 3.63) is 75.5 Å². The number of hydrogen-bond acceptors (Lipinski definition) is 2. The van der Waals surface area contributed by atoms with Gasteiger partial charge in [-0.2, -0.15) is 0 Å². The van der Waals surface area contributed by atoms with Gasteiger partial charge in [0.25, 0.3) is 5.91 Å². The molecule has 3 aromatic rings. The molecule has 0 aliphatic carbocycles.